The van der Waals surface area contributed by atoms with Crippen molar-refractivity contribution in [3.05, 3.63) is 34.9 Å². The zero-order chi connectivity index (χ0) is 12.6. The first-order valence-electron chi connectivity index (χ1n) is 6.22. The molecule has 1 N–H and O–H groups in total. The predicted octanol–water partition coefficient (Wildman–Crippen LogP) is 3.35. The van der Waals surface area contributed by atoms with Crippen LogP contribution in [-0.2, 0) is 11.2 Å². The van der Waals surface area contributed by atoms with Crippen LogP contribution in [0.1, 0.15) is 36.5 Å². The number of carboxylic acids is 1. The first-order valence-corrected chi connectivity index (χ1v) is 6.22. The summed E-state index contributed by atoms with van der Waals surface area (Å²) >= 11 is 0. The van der Waals surface area contributed by atoms with E-state index in [0.29, 0.717) is 12.3 Å². The zero-order valence-electron chi connectivity index (χ0n) is 10.8. The predicted molar refractivity (Wildman–Crippen MR) is 68.1 cm³/mol. The summed E-state index contributed by atoms with van der Waals surface area (Å²) in [5.41, 5.74) is 2.99. The highest BCUT2D eigenvalue weighted by molar-refractivity contribution is 5.75. The molecule has 1 fully saturated rings. The number of aliphatic carboxylic acids is 1. The first-order chi connectivity index (χ1) is 7.91. The van der Waals surface area contributed by atoms with Crippen LogP contribution >= 0.6 is 0 Å². The third-order valence-corrected chi connectivity index (χ3v) is 3.82. The van der Waals surface area contributed by atoms with Crippen LogP contribution in [0.2, 0.25) is 0 Å². The van der Waals surface area contributed by atoms with E-state index >= 15 is 0 Å². The Hall–Kier alpha value is -1.31. The van der Waals surface area contributed by atoms with E-state index in [-0.39, 0.29) is 0 Å². The van der Waals surface area contributed by atoms with Gasteiger partial charge in [0.2, 0.25) is 0 Å². The van der Waals surface area contributed by atoms with Gasteiger partial charge in [0, 0.05) is 0 Å². The quantitative estimate of drug-likeness (QED) is 0.864. The fourth-order valence-corrected chi connectivity index (χ4v) is 2.71. The molecule has 1 saturated carbocycles. The molecule has 1 atom stereocenters. The molecule has 0 bridgehead atoms. The van der Waals surface area contributed by atoms with Gasteiger partial charge in [-0.05, 0) is 51.5 Å². The molecule has 17 heavy (non-hydrogen) atoms. The Kier molecular flexibility index (Phi) is 2.98. The number of aryl methyl sites for hydroxylation is 2. The van der Waals surface area contributed by atoms with E-state index in [9.17, 15) is 9.90 Å². The molecule has 0 aliphatic heterocycles. The third kappa shape index (κ3) is 2.51. The molecular formula is C15H20O2. The molecule has 1 aliphatic rings. The van der Waals surface area contributed by atoms with E-state index in [0.717, 1.165) is 18.4 Å². The van der Waals surface area contributed by atoms with Gasteiger partial charge in [0.15, 0.2) is 0 Å². The standard InChI is InChI=1S/C15H20O2/c1-10-6-11(2)8-12(7-10)9-15(3,14(16)17)13-4-5-13/h6-8,13H,4-5,9H2,1-3H3,(H,16,17). The first kappa shape index (κ1) is 12.2. The number of hydrogen-bond acceptors (Lipinski definition) is 1. The maximum absolute atomic E-state index is 11.5. The van der Waals surface area contributed by atoms with Crippen molar-refractivity contribution in [2.75, 3.05) is 0 Å². The summed E-state index contributed by atoms with van der Waals surface area (Å²) in [6, 6.07) is 6.34. The summed E-state index contributed by atoms with van der Waals surface area (Å²) in [5, 5.41) is 9.44. The lowest BCUT2D eigenvalue weighted by Crippen LogP contribution is -2.32. The van der Waals surface area contributed by atoms with Gasteiger partial charge in [-0.3, -0.25) is 4.79 Å². The summed E-state index contributed by atoms with van der Waals surface area (Å²) in [5.74, 6) is -0.292. The molecule has 2 heteroatoms. The fraction of sp³-hybridized carbons (Fsp3) is 0.533. The van der Waals surface area contributed by atoms with Gasteiger partial charge in [-0.25, -0.2) is 0 Å². The summed E-state index contributed by atoms with van der Waals surface area (Å²) in [4.78, 5) is 11.5. The van der Waals surface area contributed by atoms with Gasteiger partial charge in [-0.1, -0.05) is 29.3 Å². The van der Waals surface area contributed by atoms with Crippen LogP contribution in [0.3, 0.4) is 0 Å². The minimum Gasteiger partial charge on any atom is -0.481 e. The minimum absolute atomic E-state index is 0.362. The lowest BCUT2D eigenvalue weighted by Gasteiger charge is -2.25. The number of carbonyl (C=O) groups is 1. The molecule has 2 nitrogen and oxygen atoms in total. The highest BCUT2D eigenvalue weighted by atomic mass is 16.4. The molecular weight excluding hydrogens is 212 g/mol. The largest absolute Gasteiger partial charge is 0.481 e. The fourth-order valence-electron chi connectivity index (χ4n) is 2.71. The number of rotatable bonds is 4. The van der Waals surface area contributed by atoms with E-state index in [2.05, 4.69) is 32.0 Å². The number of carboxylic acid groups (broad SMARTS) is 1. The molecule has 0 heterocycles. The average Bonchev–Trinajstić information content (AvgIpc) is 2.97. The van der Waals surface area contributed by atoms with E-state index < -0.39 is 11.4 Å². The van der Waals surface area contributed by atoms with Crippen LogP contribution in [0.25, 0.3) is 0 Å². The van der Waals surface area contributed by atoms with Gasteiger partial charge in [0.25, 0.3) is 0 Å². The monoisotopic (exact) mass is 232 g/mol. The summed E-state index contributed by atoms with van der Waals surface area (Å²) in [6.07, 6.45) is 2.77. The maximum atomic E-state index is 11.5. The van der Waals surface area contributed by atoms with E-state index in [1.807, 2.05) is 6.92 Å². The van der Waals surface area contributed by atoms with Crippen molar-refractivity contribution in [1.29, 1.82) is 0 Å². The van der Waals surface area contributed by atoms with Crippen molar-refractivity contribution >= 4 is 5.97 Å². The highest BCUT2D eigenvalue weighted by Crippen LogP contribution is 2.47. The molecule has 1 aliphatic carbocycles. The van der Waals surface area contributed by atoms with E-state index in [1.165, 1.54) is 11.1 Å². The number of benzene rings is 1. The zero-order valence-corrected chi connectivity index (χ0v) is 10.8. The Labute approximate surface area is 103 Å². The van der Waals surface area contributed by atoms with Crippen molar-refractivity contribution in [2.24, 2.45) is 11.3 Å². The Bertz CT molecular complexity index is 426. The third-order valence-electron chi connectivity index (χ3n) is 3.82. The number of hydrogen-bond donors (Lipinski definition) is 1. The Morgan fingerprint density at radius 2 is 1.82 bits per heavy atom. The molecule has 0 radical (unpaired) electrons. The van der Waals surface area contributed by atoms with Crippen molar-refractivity contribution in [2.45, 2.75) is 40.0 Å². The molecule has 0 spiro atoms. The van der Waals surface area contributed by atoms with Crippen LogP contribution in [0.15, 0.2) is 18.2 Å². The van der Waals surface area contributed by atoms with Crippen molar-refractivity contribution in [3.63, 3.8) is 0 Å². The summed E-state index contributed by atoms with van der Waals surface area (Å²) < 4.78 is 0. The van der Waals surface area contributed by atoms with E-state index in [4.69, 9.17) is 0 Å². The van der Waals surface area contributed by atoms with Crippen LogP contribution in [0.5, 0.6) is 0 Å². The maximum Gasteiger partial charge on any atom is 0.309 e. The Balaban J connectivity index is 2.26. The second kappa shape index (κ2) is 4.17. The topological polar surface area (TPSA) is 37.3 Å². The molecule has 1 aromatic rings. The van der Waals surface area contributed by atoms with Crippen LogP contribution in [-0.4, -0.2) is 11.1 Å². The second-order valence-electron chi connectivity index (χ2n) is 5.67. The molecule has 1 aromatic carbocycles. The van der Waals surface area contributed by atoms with Crippen molar-refractivity contribution < 1.29 is 9.90 Å². The van der Waals surface area contributed by atoms with Gasteiger partial charge in [-0.15, -0.1) is 0 Å². The van der Waals surface area contributed by atoms with Gasteiger partial charge in [0.1, 0.15) is 0 Å². The SMILES string of the molecule is Cc1cc(C)cc(CC(C)(C(=O)O)C2CC2)c1. The van der Waals surface area contributed by atoms with Crippen molar-refractivity contribution in [3.8, 4) is 0 Å². The highest BCUT2D eigenvalue weighted by Gasteiger charge is 2.47. The average molecular weight is 232 g/mol. The molecule has 1 unspecified atom stereocenters. The summed E-state index contributed by atoms with van der Waals surface area (Å²) in [6.45, 7) is 6.02. The molecule has 2 rings (SSSR count). The van der Waals surface area contributed by atoms with Gasteiger partial charge in [0.05, 0.1) is 5.41 Å². The molecule has 0 aromatic heterocycles. The van der Waals surface area contributed by atoms with E-state index in [1.54, 1.807) is 0 Å². The molecule has 0 saturated heterocycles. The smallest absolute Gasteiger partial charge is 0.309 e. The lowest BCUT2D eigenvalue weighted by molar-refractivity contribution is -0.149. The minimum atomic E-state index is -0.654. The van der Waals surface area contributed by atoms with Crippen LogP contribution < -0.4 is 0 Å². The normalized spacial score (nSPS) is 18.8. The molecule has 92 valence electrons. The molecule has 0 amide bonds. The van der Waals surface area contributed by atoms with Gasteiger partial charge < -0.3 is 5.11 Å². The second-order valence-corrected chi connectivity index (χ2v) is 5.67. The van der Waals surface area contributed by atoms with Crippen molar-refractivity contribution in [1.82, 2.24) is 0 Å². The van der Waals surface area contributed by atoms with Gasteiger partial charge >= 0.3 is 5.97 Å². The van der Waals surface area contributed by atoms with Gasteiger partial charge in [-0.2, -0.15) is 0 Å². The van der Waals surface area contributed by atoms with Crippen LogP contribution in [0.4, 0.5) is 0 Å². The Morgan fingerprint density at radius 1 is 1.29 bits per heavy atom. The summed E-state index contributed by atoms with van der Waals surface area (Å²) in [7, 11) is 0. The lowest BCUT2D eigenvalue weighted by atomic mass is 9.78. The van der Waals surface area contributed by atoms with Crippen LogP contribution in [0, 0.1) is 25.2 Å². The Morgan fingerprint density at radius 3 is 2.24 bits per heavy atom.